The first-order chi connectivity index (χ1) is 6.77. The van der Waals surface area contributed by atoms with Crippen LogP contribution < -0.4 is 4.90 Å². The van der Waals surface area contributed by atoms with Crippen LogP contribution in [0.1, 0.15) is 0 Å². The lowest BCUT2D eigenvalue weighted by atomic mass is 10.5. The van der Waals surface area contributed by atoms with Gasteiger partial charge in [0.1, 0.15) is 0 Å². The highest BCUT2D eigenvalue weighted by Gasteiger charge is 2.06. The van der Waals surface area contributed by atoms with E-state index in [0.717, 1.165) is 0 Å². The van der Waals surface area contributed by atoms with E-state index in [0.29, 0.717) is 24.1 Å². The fraction of sp³-hybridized carbons (Fsp3) is 0.333. The molecule has 5 heteroatoms. The third kappa shape index (κ3) is 2.97. The summed E-state index contributed by atoms with van der Waals surface area (Å²) >= 11 is 5.66. The fourth-order valence-electron chi connectivity index (χ4n) is 1.02. The zero-order valence-electron chi connectivity index (χ0n) is 7.73. The Morgan fingerprint density at radius 2 is 2.14 bits per heavy atom. The first-order valence-electron chi connectivity index (χ1n) is 4.22. The predicted octanol–water partition coefficient (Wildman–Crippen LogP) is 1.11. The molecule has 0 saturated carbocycles. The zero-order valence-corrected chi connectivity index (χ0v) is 8.48. The lowest BCUT2D eigenvalue weighted by molar-refractivity contribution is 0.302. The summed E-state index contributed by atoms with van der Waals surface area (Å²) in [5.74, 6) is 0.545. The van der Waals surface area contributed by atoms with Crippen molar-refractivity contribution >= 4 is 17.5 Å². The first kappa shape index (κ1) is 10.9. The Balaban J connectivity index is 2.76. The van der Waals surface area contributed by atoms with Gasteiger partial charge in [-0.05, 0) is 0 Å². The van der Waals surface area contributed by atoms with Crippen molar-refractivity contribution in [2.75, 3.05) is 24.6 Å². The molecule has 76 valence electrons. The molecule has 0 aliphatic heterocycles. The van der Waals surface area contributed by atoms with Gasteiger partial charge in [-0.3, -0.25) is 0 Å². The summed E-state index contributed by atoms with van der Waals surface area (Å²) in [6, 6.07) is 0. The Kier molecular flexibility index (Phi) is 4.35. The van der Waals surface area contributed by atoms with E-state index in [1.54, 1.807) is 6.08 Å². The number of halogens is 1. The number of aliphatic hydroxyl groups is 1. The van der Waals surface area contributed by atoms with Gasteiger partial charge in [0.15, 0.2) is 0 Å². The molecule has 1 heterocycles. The Morgan fingerprint density at radius 3 is 2.64 bits per heavy atom. The smallest absolute Gasteiger partial charge is 0.225 e. The summed E-state index contributed by atoms with van der Waals surface area (Å²) < 4.78 is 0. The molecule has 14 heavy (non-hydrogen) atoms. The third-order valence-electron chi connectivity index (χ3n) is 1.61. The van der Waals surface area contributed by atoms with E-state index in [4.69, 9.17) is 16.7 Å². The lowest BCUT2D eigenvalue weighted by Crippen LogP contribution is -2.28. The van der Waals surface area contributed by atoms with Crippen LogP contribution in [0.5, 0.6) is 0 Å². The molecule has 0 unspecified atom stereocenters. The monoisotopic (exact) mass is 213 g/mol. The SMILES string of the molecule is C=CCN(CCO)c1ncc(Cl)cn1. The molecule has 4 nitrogen and oxygen atoms in total. The van der Waals surface area contributed by atoms with Gasteiger partial charge in [0.2, 0.25) is 5.95 Å². The van der Waals surface area contributed by atoms with Crippen LogP contribution in [0.15, 0.2) is 25.0 Å². The third-order valence-corrected chi connectivity index (χ3v) is 1.80. The van der Waals surface area contributed by atoms with Crippen molar-refractivity contribution in [3.05, 3.63) is 30.1 Å². The number of rotatable bonds is 5. The molecule has 0 aliphatic carbocycles. The van der Waals surface area contributed by atoms with Crippen molar-refractivity contribution in [1.82, 2.24) is 9.97 Å². The lowest BCUT2D eigenvalue weighted by Gasteiger charge is -2.19. The van der Waals surface area contributed by atoms with Gasteiger partial charge in [-0.15, -0.1) is 6.58 Å². The molecule has 0 radical (unpaired) electrons. The highest BCUT2D eigenvalue weighted by molar-refractivity contribution is 6.30. The molecule has 0 fully saturated rings. The summed E-state index contributed by atoms with van der Waals surface area (Å²) in [7, 11) is 0. The summed E-state index contributed by atoms with van der Waals surface area (Å²) in [5.41, 5.74) is 0. The van der Waals surface area contributed by atoms with Gasteiger partial charge in [0, 0.05) is 13.1 Å². The van der Waals surface area contributed by atoms with Gasteiger partial charge in [-0.2, -0.15) is 0 Å². The van der Waals surface area contributed by atoms with Crippen molar-refractivity contribution in [1.29, 1.82) is 0 Å². The normalized spacial score (nSPS) is 9.86. The Morgan fingerprint density at radius 1 is 1.50 bits per heavy atom. The Bertz CT molecular complexity index is 289. The van der Waals surface area contributed by atoms with Gasteiger partial charge >= 0.3 is 0 Å². The van der Waals surface area contributed by atoms with Crippen LogP contribution in [0, 0.1) is 0 Å². The second-order valence-electron chi connectivity index (χ2n) is 2.66. The van der Waals surface area contributed by atoms with Gasteiger partial charge in [0.05, 0.1) is 24.0 Å². The van der Waals surface area contributed by atoms with Gasteiger partial charge < -0.3 is 10.0 Å². The Labute approximate surface area is 87.9 Å². The van der Waals surface area contributed by atoms with Gasteiger partial charge in [-0.25, -0.2) is 9.97 Å². The minimum absolute atomic E-state index is 0.0554. The molecule has 0 atom stereocenters. The first-order valence-corrected chi connectivity index (χ1v) is 4.60. The fourth-order valence-corrected chi connectivity index (χ4v) is 1.12. The standard InChI is InChI=1S/C9H12ClN3O/c1-2-3-13(4-5-14)9-11-6-8(10)7-12-9/h2,6-7,14H,1,3-5H2. The second-order valence-corrected chi connectivity index (χ2v) is 3.10. The summed E-state index contributed by atoms with van der Waals surface area (Å²) in [6.07, 6.45) is 4.78. The number of hydrogen-bond donors (Lipinski definition) is 1. The van der Waals surface area contributed by atoms with Crippen LogP contribution in [0.2, 0.25) is 5.02 Å². The Hall–Kier alpha value is -1.13. The highest BCUT2D eigenvalue weighted by atomic mass is 35.5. The minimum atomic E-state index is 0.0554. The highest BCUT2D eigenvalue weighted by Crippen LogP contribution is 2.09. The van der Waals surface area contributed by atoms with Crippen LogP contribution in [-0.2, 0) is 0 Å². The average Bonchev–Trinajstić information content (AvgIpc) is 2.19. The number of anilines is 1. The number of nitrogens with zero attached hydrogens (tertiary/aromatic N) is 3. The van der Waals surface area contributed by atoms with E-state index < -0.39 is 0 Å². The molecule has 1 aromatic heterocycles. The summed E-state index contributed by atoms with van der Waals surface area (Å²) in [4.78, 5) is 9.89. The maximum atomic E-state index is 8.82. The summed E-state index contributed by atoms with van der Waals surface area (Å²) in [6.45, 7) is 4.76. The van der Waals surface area contributed by atoms with E-state index in [2.05, 4.69) is 16.5 Å². The zero-order chi connectivity index (χ0) is 10.4. The number of aliphatic hydroxyl groups excluding tert-OH is 1. The topological polar surface area (TPSA) is 49.2 Å². The van der Waals surface area contributed by atoms with E-state index >= 15 is 0 Å². The van der Waals surface area contributed by atoms with E-state index in [1.165, 1.54) is 12.4 Å². The van der Waals surface area contributed by atoms with Crippen molar-refractivity contribution in [3.8, 4) is 0 Å². The van der Waals surface area contributed by atoms with Crippen LogP contribution in [0.25, 0.3) is 0 Å². The van der Waals surface area contributed by atoms with Crippen LogP contribution in [-0.4, -0.2) is 34.8 Å². The average molecular weight is 214 g/mol. The molecular formula is C9H12ClN3O. The second kappa shape index (κ2) is 5.57. The van der Waals surface area contributed by atoms with Crippen molar-refractivity contribution in [2.24, 2.45) is 0 Å². The van der Waals surface area contributed by atoms with E-state index in [-0.39, 0.29) is 6.61 Å². The number of hydrogen-bond acceptors (Lipinski definition) is 4. The van der Waals surface area contributed by atoms with Crippen LogP contribution >= 0.6 is 11.6 Å². The molecule has 1 N–H and O–H groups in total. The molecule has 0 spiro atoms. The van der Waals surface area contributed by atoms with Gasteiger partial charge in [-0.1, -0.05) is 17.7 Å². The van der Waals surface area contributed by atoms with Crippen molar-refractivity contribution in [3.63, 3.8) is 0 Å². The molecule has 0 aromatic carbocycles. The predicted molar refractivity (Wildman–Crippen MR) is 56.5 cm³/mol. The van der Waals surface area contributed by atoms with Gasteiger partial charge in [0.25, 0.3) is 0 Å². The quantitative estimate of drug-likeness (QED) is 0.745. The molecule has 0 amide bonds. The molecule has 0 bridgehead atoms. The number of aromatic nitrogens is 2. The molecule has 1 aromatic rings. The molecule has 1 rings (SSSR count). The molecular weight excluding hydrogens is 202 g/mol. The molecule has 0 aliphatic rings. The summed E-state index contributed by atoms with van der Waals surface area (Å²) in [5, 5.41) is 9.32. The maximum absolute atomic E-state index is 8.82. The van der Waals surface area contributed by atoms with Crippen molar-refractivity contribution < 1.29 is 5.11 Å². The van der Waals surface area contributed by atoms with E-state index in [9.17, 15) is 0 Å². The van der Waals surface area contributed by atoms with E-state index in [1.807, 2.05) is 4.90 Å². The van der Waals surface area contributed by atoms with Crippen LogP contribution in [0.3, 0.4) is 0 Å². The maximum Gasteiger partial charge on any atom is 0.225 e. The minimum Gasteiger partial charge on any atom is -0.395 e. The van der Waals surface area contributed by atoms with Crippen LogP contribution in [0.4, 0.5) is 5.95 Å². The molecule has 0 saturated heterocycles. The largest absolute Gasteiger partial charge is 0.395 e. The van der Waals surface area contributed by atoms with Crippen molar-refractivity contribution in [2.45, 2.75) is 0 Å².